The van der Waals surface area contributed by atoms with E-state index < -0.39 is 17.9 Å². The van der Waals surface area contributed by atoms with Crippen LogP contribution >= 0.6 is 31.9 Å². The number of ether oxygens (including phenoxy) is 3. The number of nitrogens with one attached hydrogen (secondary N) is 1. The van der Waals surface area contributed by atoms with Crippen molar-refractivity contribution in [3.63, 3.8) is 0 Å². The first kappa shape index (κ1) is 24.2. The van der Waals surface area contributed by atoms with Crippen LogP contribution in [0, 0.1) is 0 Å². The van der Waals surface area contributed by atoms with Crippen LogP contribution in [0.1, 0.15) is 41.3 Å². The van der Waals surface area contributed by atoms with Gasteiger partial charge in [0, 0.05) is 28.3 Å². The third-order valence-corrected chi connectivity index (χ3v) is 6.83. The Bertz CT molecular complexity index is 1260. The topological polar surface area (TPSA) is 90.9 Å². The Kier molecular flexibility index (Phi) is 6.95. The maximum absolute atomic E-state index is 13.5. The van der Waals surface area contributed by atoms with Gasteiger partial charge in [0.2, 0.25) is 0 Å². The molecule has 176 valence electrons. The summed E-state index contributed by atoms with van der Waals surface area (Å²) in [6.45, 7) is 3.51. The van der Waals surface area contributed by atoms with Crippen LogP contribution in [0.15, 0.2) is 62.2 Å². The molecule has 0 aromatic heterocycles. The van der Waals surface area contributed by atoms with Crippen molar-refractivity contribution in [2.45, 2.75) is 19.8 Å². The number of esters is 2. The van der Waals surface area contributed by atoms with Crippen LogP contribution in [-0.4, -0.2) is 38.0 Å². The monoisotopic (exact) mass is 589 g/mol. The van der Waals surface area contributed by atoms with Crippen molar-refractivity contribution >= 4 is 55.3 Å². The highest BCUT2D eigenvalue weighted by molar-refractivity contribution is 9.11. The second-order valence-corrected chi connectivity index (χ2v) is 9.37. The van der Waals surface area contributed by atoms with Gasteiger partial charge in [-0.2, -0.15) is 0 Å². The molecule has 0 unspecified atom stereocenters. The van der Waals surface area contributed by atoms with E-state index in [2.05, 4.69) is 37.2 Å². The average molecular weight is 591 g/mol. The summed E-state index contributed by atoms with van der Waals surface area (Å²) >= 11 is 7.01. The van der Waals surface area contributed by atoms with Gasteiger partial charge in [0.25, 0.3) is 0 Å². The van der Waals surface area contributed by atoms with Gasteiger partial charge >= 0.3 is 11.9 Å². The second-order valence-electron chi connectivity index (χ2n) is 7.66. The van der Waals surface area contributed by atoms with E-state index in [1.807, 2.05) is 18.2 Å². The van der Waals surface area contributed by atoms with Crippen LogP contribution in [0.2, 0.25) is 0 Å². The van der Waals surface area contributed by atoms with Crippen LogP contribution < -0.4 is 10.1 Å². The molecule has 1 atom stereocenters. The quantitative estimate of drug-likeness (QED) is 0.479. The van der Waals surface area contributed by atoms with Crippen molar-refractivity contribution in [2.24, 2.45) is 0 Å². The molecule has 1 heterocycles. The molecule has 9 heteroatoms. The Morgan fingerprint density at radius 3 is 2.35 bits per heavy atom. The first-order valence-corrected chi connectivity index (χ1v) is 12.1. The van der Waals surface area contributed by atoms with E-state index in [-0.39, 0.29) is 19.0 Å². The predicted octanol–water partition coefficient (Wildman–Crippen LogP) is 4.89. The summed E-state index contributed by atoms with van der Waals surface area (Å²) in [5.41, 5.74) is 4.17. The fraction of sp³-hybridized carbons (Fsp3) is 0.240. The highest BCUT2D eigenvalue weighted by Crippen LogP contribution is 2.48. The van der Waals surface area contributed by atoms with Crippen LogP contribution in [-0.2, 0) is 19.1 Å². The number of carbonyl (C=O) groups excluding carboxylic acids is 3. The van der Waals surface area contributed by atoms with Crippen LogP contribution in [0.3, 0.4) is 0 Å². The summed E-state index contributed by atoms with van der Waals surface area (Å²) in [5.74, 6) is -1.43. The highest BCUT2D eigenvalue weighted by Gasteiger charge is 2.43. The molecular formula is C25H21Br2NO6. The normalized spacial score (nSPS) is 16.6. The van der Waals surface area contributed by atoms with Gasteiger partial charge in [0.05, 0.1) is 33.9 Å². The van der Waals surface area contributed by atoms with Gasteiger partial charge < -0.3 is 19.5 Å². The number of halogens is 2. The zero-order valence-corrected chi connectivity index (χ0v) is 21.8. The van der Waals surface area contributed by atoms with Gasteiger partial charge in [-0.3, -0.25) is 4.79 Å². The molecule has 4 rings (SSSR count). The van der Waals surface area contributed by atoms with Crippen LogP contribution in [0.25, 0.3) is 5.70 Å². The number of ketones is 1. The van der Waals surface area contributed by atoms with E-state index in [4.69, 9.17) is 14.2 Å². The molecule has 1 aliphatic heterocycles. The first-order chi connectivity index (χ1) is 16.3. The van der Waals surface area contributed by atoms with Crippen LogP contribution in [0.5, 0.6) is 5.75 Å². The van der Waals surface area contributed by atoms with E-state index in [0.717, 1.165) is 5.56 Å². The minimum absolute atomic E-state index is 0.146. The number of rotatable bonds is 6. The molecule has 34 heavy (non-hydrogen) atoms. The van der Waals surface area contributed by atoms with Gasteiger partial charge in [-0.25, -0.2) is 9.59 Å². The number of hydrogen-bond acceptors (Lipinski definition) is 7. The molecule has 1 aliphatic carbocycles. The lowest BCUT2D eigenvalue weighted by molar-refractivity contribution is -0.145. The maximum atomic E-state index is 13.5. The smallest absolute Gasteiger partial charge is 0.344 e. The summed E-state index contributed by atoms with van der Waals surface area (Å²) in [4.78, 5) is 38.1. The summed E-state index contributed by atoms with van der Waals surface area (Å²) in [7, 11) is 1.31. The lowest BCUT2D eigenvalue weighted by Gasteiger charge is -2.29. The standard InChI is InChI=1S/C25H21Br2NO6/c1-4-33-18(29)11-34-24-16(26)9-13(10-17(24)27)20-19(25(31)32-3)12(2)28-22-14-7-5-6-8-15(14)23(30)21(20)22/h5-10,20,28H,4,11H2,1-3H3/t20-/m1/s1. The van der Waals surface area contributed by atoms with Crippen molar-refractivity contribution in [3.8, 4) is 5.75 Å². The molecule has 0 fully saturated rings. The van der Waals surface area contributed by atoms with Crippen molar-refractivity contribution < 1.29 is 28.6 Å². The Morgan fingerprint density at radius 1 is 1.09 bits per heavy atom. The number of fused-ring (bicyclic) bond motifs is 2. The Balaban J connectivity index is 1.81. The molecule has 7 nitrogen and oxygen atoms in total. The van der Waals surface area contributed by atoms with Crippen molar-refractivity contribution in [1.29, 1.82) is 0 Å². The van der Waals surface area contributed by atoms with Crippen molar-refractivity contribution in [2.75, 3.05) is 20.3 Å². The van der Waals surface area contributed by atoms with Gasteiger partial charge in [-0.05, 0) is 63.4 Å². The molecule has 0 amide bonds. The van der Waals surface area contributed by atoms with E-state index in [1.165, 1.54) is 7.11 Å². The van der Waals surface area contributed by atoms with Gasteiger partial charge in [-0.15, -0.1) is 0 Å². The largest absolute Gasteiger partial charge is 0.480 e. The molecule has 2 aromatic rings. The highest BCUT2D eigenvalue weighted by atomic mass is 79.9. The maximum Gasteiger partial charge on any atom is 0.344 e. The van der Waals surface area contributed by atoms with E-state index >= 15 is 0 Å². The zero-order valence-electron chi connectivity index (χ0n) is 18.7. The molecule has 0 spiro atoms. The number of carbonyl (C=O) groups is 3. The van der Waals surface area contributed by atoms with Crippen molar-refractivity contribution in [1.82, 2.24) is 5.32 Å². The summed E-state index contributed by atoms with van der Waals surface area (Å²) in [5, 5.41) is 3.25. The molecule has 2 aromatic carbocycles. The fourth-order valence-electron chi connectivity index (χ4n) is 4.26. The lowest BCUT2D eigenvalue weighted by atomic mass is 9.80. The predicted molar refractivity (Wildman–Crippen MR) is 132 cm³/mol. The molecule has 1 N–H and O–H groups in total. The second kappa shape index (κ2) is 9.76. The van der Waals surface area contributed by atoms with Gasteiger partial charge in [0.1, 0.15) is 5.75 Å². The van der Waals surface area contributed by atoms with E-state index in [9.17, 15) is 14.4 Å². The van der Waals surface area contributed by atoms with Crippen molar-refractivity contribution in [3.05, 3.63) is 78.9 Å². The molecule has 0 saturated carbocycles. The number of Topliss-reactive ketones (excluding diaryl/α,β-unsaturated/α-hetero) is 1. The zero-order chi connectivity index (χ0) is 24.6. The molecule has 0 bridgehead atoms. The minimum Gasteiger partial charge on any atom is -0.480 e. The number of allylic oxidation sites excluding steroid dienone is 2. The van der Waals surface area contributed by atoms with E-state index in [1.54, 1.807) is 32.0 Å². The molecule has 2 aliphatic rings. The average Bonchev–Trinajstić information content (AvgIpc) is 3.09. The first-order valence-electron chi connectivity index (χ1n) is 10.5. The lowest BCUT2D eigenvalue weighted by Crippen LogP contribution is -2.29. The van der Waals surface area contributed by atoms with Gasteiger partial charge in [0.15, 0.2) is 12.4 Å². The molecular weight excluding hydrogens is 570 g/mol. The minimum atomic E-state index is -0.671. The molecule has 0 saturated heterocycles. The number of hydrogen-bond donors (Lipinski definition) is 1. The number of dihydropyridines is 1. The van der Waals surface area contributed by atoms with E-state index in [0.29, 0.717) is 48.4 Å². The summed E-state index contributed by atoms with van der Waals surface area (Å²) < 4.78 is 16.7. The fourth-order valence-corrected chi connectivity index (χ4v) is 5.71. The number of methoxy groups -OCH3 is 1. The summed E-state index contributed by atoms with van der Waals surface area (Å²) in [6, 6.07) is 10.9. The third kappa shape index (κ3) is 4.18. The SMILES string of the molecule is CCOC(=O)COc1c(Br)cc([C@@H]2C(C(=O)OC)=C(C)NC3=C2C(=O)c2ccccc23)cc1Br. The Labute approximate surface area is 213 Å². The van der Waals surface area contributed by atoms with Gasteiger partial charge in [-0.1, -0.05) is 24.3 Å². The third-order valence-electron chi connectivity index (χ3n) is 5.65. The molecule has 0 radical (unpaired) electrons. The summed E-state index contributed by atoms with van der Waals surface area (Å²) in [6.07, 6.45) is 0. The van der Waals surface area contributed by atoms with Crippen LogP contribution in [0.4, 0.5) is 0 Å². The Morgan fingerprint density at radius 2 is 1.74 bits per heavy atom. The number of benzene rings is 2. The Hall–Kier alpha value is -2.91.